The van der Waals surface area contributed by atoms with Crippen molar-refractivity contribution in [3.8, 4) is 11.4 Å². The number of aromatic nitrogens is 1. The number of hydrazone groups is 1. The van der Waals surface area contributed by atoms with Crippen LogP contribution >= 0.6 is 11.6 Å². The molecule has 0 unspecified atom stereocenters. The first-order valence-corrected chi connectivity index (χ1v) is 13.8. The van der Waals surface area contributed by atoms with E-state index in [1.807, 2.05) is 12.1 Å². The minimum absolute atomic E-state index is 0.157. The first kappa shape index (κ1) is 24.3. The number of amides is 1. The number of benzene rings is 2. The van der Waals surface area contributed by atoms with Crippen LogP contribution in [0.5, 0.6) is 5.75 Å². The molecule has 4 fully saturated rings. The van der Waals surface area contributed by atoms with Crippen LogP contribution in [-0.4, -0.2) is 23.3 Å². The number of carbonyl (C=O) groups is 1. The Labute approximate surface area is 223 Å². The Morgan fingerprint density at radius 3 is 2.35 bits per heavy atom. The van der Waals surface area contributed by atoms with Gasteiger partial charge >= 0.3 is 0 Å². The Bertz CT molecular complexity index is 1310. The summed E-state index contributed by atoms with van der Waals surface area (Å²) in [5.74, 6) is 2.98. The lowest BCUT2D eigenvalue weighted by atomic mass is 9.48. The van der Waals surface area contributed by atoms with Gasteiger partial charge in [-0.15, -0.1) is 0 Å². The highest BCUT2D eigenvalue weighted by molar-refractivity contribution is 6.32. The largest absolute Gasteiger partial charge is 0.482 e. The SMILES string of the molecule is Cc1cc(/C=N\NC(=O)COc2ccccc2Cl)c(C)n1-c1ccc(C23CC4CC(CC(C4)C2)C3)cc1. The fraction of sp³-hybridized carbons (Fsp3) is 0.419. The van der Waals surface area contributed by atoms with Gasteiger partial charge in [-0.05, 0) is 111 Å². The van der Waals surface area contributed by atoms with Gasteiger partial charge in [0.05, 0.1) is 11.2 Å². The van der Waals surface area contributed by atoms with E-state index in [9.17, 15) is 4.79 Å². The number of rotatable bonds is 7. The second-order valence-electron chi connectivity index (χ2n) is 11.4. The van der Waals surface area contributed by atoms with Gasteiger partial charge < -0.3 is 9.30 Å². The van der Waals surface area contributed by atoms with Gasteiger partial charge in [-0.1, -0.05) is 35.9 Å². The van der Waals surface area contributed by atoms with E-state index in [4.69, 9.17) is 16.3 Å². The standard InChI is InChI=1S/C31H34ClN3O2/c1-20-11-25(18-33-34-30(36)19-37-29-6-4-3-5-28(29)32)21(2)35(20)27-9-7-26(8-10-27)31-15-22-12-23(16-31)14-24(13-22)17-31/h3-11,18,22-24H,12-17,19H2,1-2H3,(H,34,36)/b33-18-. The first-order valence-electron chi connectivity index (χ1n) is 13.4. The van der Waals surface area contributed by atoms with Crippen molar-refractivity contribution < 1.29 is 9.53 Å². The normalized spacial score (nSPS) is 26.1. The van der Waals surface area contributed by atoms with Crippen LogP contribution in [0.1, 0.15) is 61.0 Å². The number of ether oxygens (including phenoxy) is 1. The van der Waals surface area contributed by atoms with Crippen molar-refractivity contribution in [1.82, 2.24) is 9.99 Å². The molecule has 5 nitrogen and oxygen atoms in total. The fourth-order valence-corrected chi connectivity index (χ4v) is 7.85. The van der Waals surface area contributed by atoms with Gasteiger partial charge in [0.15, 0.2) is 6.61 Å². The summed E-state index contributed by atoms with van der Waals surface area (Å²) in [7, 11) is 0. The predicted molar refractivity (Wildman–Crippen MR) is 148 cm³/mol. The van der Waals surface area contributed by atoms with Crippen LogP contribution in [-0.2, 0) is 10.2 Å². The molecular weight excluding hydrogens is 482 g/mol. The molecule has 0 spiro atoms. The molecule has 0 aliphatic heterocycles. The number of nitrogens with zero attached hydrogens (tertiary/aromatic N) is 2. The number of nitrogens with one attached hydrogen (secondary N) is 1. The second kappa shape index (κ2) is 9.68. The smallest absolute Gasteiger partial charge is 0.277 e. The molecule has 2 aromatic carbocycles. The fourth-order valence-electron chi connectivity index (χ4n) is 7.66. The van der Waals surface area contributed by atoms with Crippen LogP contribution in [0.15, 0.2) is 59.7 Å². The van der Waals surface area contributed by atoms with Crippen molar-refractivity contribution in [2.75, 3.05) is 6.61 Å². The molecule has 4 bridgehead atoms. The summed E-state index contributed by atoms with van der Waals surface area (Å²) in [5.41, 5.74) is 8.86. The summed E-state index contributed by atoms with van der Waals surface area (Å²) in [4.78, 5) is 12.2. The molecule has 192 valence electrons. The third-order valence-electron chi connectivity index (χ3n) is 8.83. The molecule has 6 heteroatoms. The topological polar surface area (TPSA) is 55.6 Å². The minimum Gasteiger partial charge on any atom is -0.482 e. The van der Waals surface area contributed by atoms with E-state index in [0.29, 0.717) is 16.2 Å². The number of carbonyl (C=O) groups excluding carboxylic acids is 1. The van der Waals surface area contributed by atoms with Crippen LogP contribution in [0.3, 0.4) is 0 Å². The molecule has 37 heavy (non-hydrogen) atoms. The second-order valence-corrected chi connectivity index (χ2v) is 11.8. The van der Waals surface area contributed by atoms with E-state index >= 15 is 0 Å². The molecule has 1 amide bonds. The molecule has 3 aromatic rings. The summed E-state index contributed by atoms with van der Waals surface area (Å²) in [6.07, 6.45) is 10.3. The monoisotopic (exact) mass is 515 g/mol. The number of halogens is 1. The Balaban J connectivity index is 1.12. The van der Waals surface area contributed by atoms with Crippen molar-refractivity contribution in [3.05, 3.63) is 82.1 Å². The molecule has 0 radical (unpaired) electrons. The molecule has 1 N–H and O–H groups in total. The van der Waals surface area contributed by atoms with Crippen molar-refractivity contribution in [2.45, 2.75) is 57.8 Å². The quantitative estimate of drug-likeness (QED) is 0.279. The summed E-state index contributed by atoms with van der Waals surface area (Å²) >= 11 is 6.07. The van der Waals surface area contributed by atoms with E-state index in [-0.39, 0.29) is 12.5 Å². The average Bonchev–Trinajstić information content (AvgIpc) is 3.15. The highest BCUT2D eigenvalue weighted by Gasteiger charge is 2.51. The van der Waals surface area contributed by atoms with Crippen LogP contribution < -0.4 is 10.2 Å². The van der Waals surface area contributed by atoms with Gasteiger partial charge in [0.25, 0.3) is 5.91 Å². The van der Waals surface area contributed by atoms with Gasteiger partial charge in [0, 0.05) is 22.6 Å². The van der Waals surface area contributed by atoms with Crippen molar-refractivity contribution in [3.63, 3.8) is 0 Å². The molecule has 0 atom stereocenters. The molecule has 1 aromatic heterocycles. The summed E-state index contributed by atoms with van der Waals surface area (Å²) in [5, 5.41) is 4.62. The molecule has 1 heterocycles. The van der Waals surface area contributed by atoms with E-state index in [1.54, 1.807) is 23.9 Å². The number of para-hydroxylation sites is 1. The third-order valence-corrected chi connectivity index (χ3v) is 9.15. The summed E-state index contributed by atoms with van der Waals surface area (Å²) in [6.45, 7) is 4.03. The van der Waals surface area contributed by atoms with Crippen molar-refractivity contribution in [2.24, 2.45) is 22.9 Å². The van der Waals surface area contributed by atoms with E-state index in [0.717, 1.165) is 34.7 Å². The maximum atomic E-state index is 12.2. The summed E-state index contributed by atoms with van der Waals surface area (Å²) < 4.78 is 7.73. The molecular formula is C31H34ClN3O2. The van der Waals surface area contributed by atoms with Gasteiger partial charge in [-0.2, -0.15) is 5.10 Å². The molecule has 4 aliphatic rings. The maximum absolute atomic E-state index is 12.2. The zero-order valence-electron chi connectivity index (χ0n) is 21.5. The number of hydrogen-bond acceptors (Lipinski definition) is 3. The van der Waals surface area contributed by atoms with Crippen LogP contribution in [0.2, 0.25) is 5.02 Å². The van der Waals surface area contributed by atoms with E-state index in [1.165, 1.54) is 44.2 Å². The van der Waals surface area contributed by atoms with Gasteiger partial charge in [-0.25, -0.2) is 5.43 Å². The Hall–Kier alpha value is -3.05. The highest BCUT2D eigenvalue weighted by Crippen LogP contribution is 2.60. The zero-order chi connectivity index (χ0) is 25.6. The number of aryl methyl sites for hydroxylation is 1. The highest BCUT2D eigenvalue weighted by atomic mass is 35.5. The summed E-state index contributed by atoms with van der Waals surface area (Å²) in [6, 6.07) is 18.5. The molecule has 4 saturated carbocycles. The average molecular weight is 516 g/mol. The molecule has 7 rings (SSSR count). The lowest BCUT2D eigenvalue weighted by Gasteiger charge is -2.57. The number of hydrogen-bond donors (Lipinski definition) is 1. The molecule has 0 saturated heterocycles. The molecule has 4 aliphatic carbocycles. The van der Waals surface area contributed by atoms with Gasteiger partial charge in [0.2, 0.25) is 0 Å². The lowest BCUT2D eigenvalue weighted by molar-refractivity contribution is -0.123. The maximum Gasteiger partial charge on any atom is 0.277 e. The van der Waals surface area contributed by atoms with Gasteiger partial charge in [0.1, 0.15) is 5.75 Å². The minimum atomic E-state index is -0.342. The van der Waals surface area contributed by atoms with Crippen LogP contribution in [0.25, 0.3) is 5.69 Å². The van der Waals surface area contributed by atoms with E-state index < -0.39 is 0 Å². The third kappa shape index (κ3) is 4.70. The Morgan fingerprint density at radius 2 is 1.70 bits per heavy atom. The zero-order valence-corrected chi connectivity index (χ0v) is 22.3. The van der Waals surface area contributed by atoms with Crippen LogP contribution in [0.4, 0.5) is 0 Å². The van der Waals surface area contributed by atoms with Gasteiger partial charge in [-0.3, -0.25) is 4.79 Å². The Morgan fingerprint density at radius 1 is 1.05 bits per heavy atom. The van der Waals surface area contributed by atoms with E-state index in [2.05, 4.69) is 59.3 Å². The van der Waals surface area contributed by atoms with Crippen molar-refractivity contribution in [1.29, 1.82) is 0 Å². The predicted octanol–water partition coefficient (Wildman–Crippen LogP) is 6.74. The van der Waals surface area contributed by atoms with Crippen LogP contribution in [0, 0.1) is 31.6 Å². The lowest BCUT2D eigenvalue weighted by Crippen LogP contribution is -2.48. The first-order chi connectivity index (χ1) is 17.9. The Kier molecular flexibility index (Phi) is 6.36. The van der Waals surface area contributed by atoms with Crippen molar-refractivity contribution >= 4 is 23.7 Å².